The molecular weight excluding hydrogens is 324 g/mol. The van der Waals surface area contributed by atoms with Crippen LogP contribution < -0.4 is 20.1 Å². The van der Waals surface area contributed by atoms with Crippen molar-refractivity contribution >= 4 is 23.0 Å². The summed E-state index contributed by atoms with van der Waals surface area (Å²) in [5.41, 5.74) is 7.77. The van der Waals surface area contributed by atoms with Crippen molar-refractivity contribution in [3.63, 3.8) is 0 Å². The van der Waals surface area contributed by atoms with Crippen LogP contribution in [0.5, 0.6) is 11.5 Å². The van der Waals surface area contributed by atoms with E-state index in [0.29, 0.717) is 6.61 Å². The van der Waals surface area contributed by atoms with Crippen LogP contribution in [0.4, 0.5) is 11.4 Å². The van der Waals surface area contributed by atoms with Crippen molar-refractivity contribution in [2.75, 3.05) is 30.3 Å². The third-order valence-corrected chi connectivity index (χ3v) is 4.40. The van der Waals surface area contributed by atoms with E-state index in [2.05, 4.69) is 11.8 Å². The summed E-state index contributed by atoms with van der Waals surface area (Å²) < 4.78 is 11.8. The number of nitrogens with zero attached hydrogens (tertiary/aromatic N) is 1. The maximum Gasteiger partial charge on any atom is 0.143 e. The van der Waals surface area contributed by atoms with Crippen molar-refractivity contribution in [2.24, 2.45) is 0 Å². The van der Waals surface area contributed by atoms with E-state index in [9.17, 15) is 0 Å². The Bertz CT molecular complexity index is 676. The smallest absolute Gasteiger partial charge is 0.143 e. The van der Waals surface area contributed by atoms with Gasteiger partial charge in [-0.1, -0.05) is 18.5 Å². The third-order valence-electron chi connectivity index (χ3n) is 4.15. The maximum atomic E-state index is 6.01. The second-order valence-corrected chi connectivity index (χ2v) is 6.41. The van der Waals surface area contributed by atoms with Gasteiger partial charge < -0.3 is 20.1 Å². The molecule has 0 aromatic heterocycles. The van der Waals surface area contributed by atoms with E-state index < -0.39 is 0 Å². The zero-order valence-electron chi connectivity index (χ0n) is 13.9. The first-order chi connectivity index (χ1) is 11.7. The molecular formula is C19H23ClN2O2. The molecule has 3 rings (SSSR count). The minimum atomic E-state index is 0.221. The first kappa shape index (κ1) is 16.8. The van der Waals surface area contributed by atoms with Crippen molar-refractivity contribution in [1.29, 1.82) is 0 Å². The van der Waals surface area contributed by atoms with Gasteiger partial charge in [0.1, 0.15) is 17.6 Å². The Hall–Kier alpha value is -2.07. The summed E-state index contributed by atoms with van der Waals surface area (Å²) in [5, 5.41) is 0.718. The molecule has 4 nitrogen and oxygen atoms in total. The van der Waals surface area contributed by atoms with Gasteiger partial charge in [0, 0.05) is 17.3 Å². The molecule has 2 aromatic rings. The minimum Gasteiger partial charge on any atom is -0.494 e. The lowest BCUT2D eigenvalue weighted by Gasteiger charge is -2.36. The highest BCUT2D eigenvalue weighted by molar-refractivity contribution is 6.30. The number of benzene rings is 2. The Balaban J connectivity index is 1.58. The van der Waals surface area contributed by atoms with Crippen molar-refractivity contribution in [3.8, 4) is 11.5 Å². The van der Waals surface area contributed by atoms with E-state index in [1.807, 2.05) is 42.5 Å². The zero-order valence-corrected chi connectivity index (χ0v) is 14.6. The zero-order chi connectivity index (χ0) is 16.9. The number of hydrogen-bond donors (Lipinski definition) is 1. The van der Waals surface area contributed by atoms with E-state index in [1.54, 1.807) is 0 Å². The number of nitrogen functional groups attached to an aromatic ring is 1. The normalized spacial score (nSPS) is 16.4. The maximum absolute atomic E-state index is 6.01. The summed E-state index contributed by atoms with van der Waals surface area (Å²) in [7, 11) is 0. The van der Waals surface area contributed by atoms with Crippen LogP contribution >= 0.6 is 11.6 Å². The predicted octanol–water partition coefficient (Wildman–Crippen LogP) is 4.37. The average Bonchev–Trinajstić information content (AvgIpc) is 2.60. The molecule has 1 aliphatic rings. The Morgan fingerprint density at radius 1 is 1.25 bits per heavy atom. The summed E-state index contributed by atoms with van der Waals surface area (Å²) in [6.07, 6.45) is 2.13. The monoisotopic (exact) mass is 346 g/mol. The fourth-order valence-electron chi connectivity index (χ4n) is 2.84. The van der Waals surface area contributed by atoms with E-state index >= 15 is 0 Å². The van der Waals surface area contributed by atoms with Crippen LogP contribution in [0.25, 0.3) is 0 Å². The second-order valence-electron chi connectivity index (χ2n) is 5.98. The molecule has 24 heavy (non-hydrogen) atoms. The third kappa shape index (κ3) is 4.06. The van der Waals surface area contributed by atoms with Crippen molar-refractivity contribution in [2.45, 2.75) is 25.9 Å². The Labute approximate surface area is 148 Å². The molecule has 128 valence electrons. The van der Waals surface area contributed by atoms with E-state index in [-0.39, 0.29) is 6.10 Å². The quantitative estimate of drug-likeness (QED) is 0.623. The lowest BCUT2D eigenvalue weighted by molar-refractivity contribution is 0.188. The fraction of sp³-hybridized carbons (Fsp3) is 0.368. The number of rotatable bonds is 6. The summed E-state index contributed by atoms with van der Waals surface area (Å²) in [6, 6.07) is 13.3. The molecule has 0 aliphatic carbocycles. The number of hydrogen-bond acceptors (Lipinski definition) is 4. The van der Waals surface area contributed by atoms with E-state index in [1.165, 1.54) is 0 Å². The highest BCUT2D eigenvalue weighted by Gasteiger charge is 2.24. The molecule has 0 bridgehead atoms. The van der Waals surface area contributed by atoms with E-state index in [0.717, 1.165) is 53.8 Å². The van der Waals surface area contributed by atoms with Gasteiger partial charge >= 0.3 is 0 Å². The van der Waals surface area contributed by atoms with Gasteiger partial charge in [0.05, 0.1) is 18.8 Å². The van der Waals surface area contributed by atoms with Crippen molar-refractivity contribution < 1.29 is 9.47 Å². The number of fused-ring (bicyclic) bond motifs is 1. The van der Waals surface area contributed by atoms with Gasteiger partial charge in [-0.3, -0.25) is 0 Å². The van der Waals surface area contributed by atoms with Gasteiger partial charge in [-0.05, 0) is 55.3 Å². The van der Waals surface area contributed by atoms with Gasteiger partial charge in [0.15, 0.2) is 0 Å². The Morgan fingerprint density at radius 3 is 2.79 bits per heavy atom. The predicted molar refractivity (Wildman–Crippen MR) is 99.3 cm³/mol. The molecule has 0 saturated heterocycles. The first-order valence-corrected chi connectivity index (χ1v) is 8.73. The van der Waals surface area contributed by atoms with Crippen molar-refractivity contribution in [3.05, 3.63) is 47.5 Å². The summed E-state index contributed by atoms with van der Waals surface area (Å²) in [5.74, 6) is 1.76. The number of halogens is 1. The van der Waals surface area contributed by atoms with E-state index in [4.69, 9.17) is 26.8 Å². The molecule has 0 amide bonds. The lowest BCUT2D eigenvalue weighted by Crippen LogP contribution is -2.40. The van der Waals surface area contributed by atoms with Crippen LogP contribution in [0.3, 0.4) is 0 Å². The minimum absolute atomic E-state index is 0.221. The molecule has 5 heteroatoms. The van der Waals surface area contributed by atoms with Gasteiger partial charge in [0.2, 0.25) is 0 Å². The van der Waals surface area contributed by atoms with Crippen LogP contribution in [0, 0.1) is 0 Å². The number of nitrogens with two attached hydrogens (primary N) is 1. The molecule has 2 N–H and O–H groups in total. The summed E-state index contributed by atoms with van der Waals surface area (Å²) >= 11 is 5.88. The molecule has 0 spiro atoms. The fourth-order valence-corrected chi connectivity index (χ4v) is 2.97. The molecule has 0 saturated carbocycles. The topological polar surface area (TPSA) is 47.7 Å². The first-order valence-electron chi connectivity index (χ1n) is 8.35. The molecule has 0 fully saturated rings. The van der Waals surface area contributed by atoms with Gasteiger partial charge in [-0.2, -0.15) is 0 Å². The molecule has 1 atom stereocenters. The van der Waals surface area contributed by atoms with Crippen LogP contribution in [0.2, 0.25) is 5.02 Å². The number of anilines is 2. The standard InChI is InChI=1S/C19H23ClN2O2/c1-2-16-13-22(18-12-15(21)6-9-19(18)24-16)10-3-11-23-17-7-4-14(20)5-8-17/h4-9,12,16H,2-3,10-11,13,21H2,1H3. The second kappa shape index (κ2) is 7.67. The van der Waals surface area contributed by atoms with Crippen molar-refractivity contribution in [1.82, 2.24) is 0 Å². The largest absolute Gasteiger partial charge is 0.494 e. The summed E-state index contributed by atoms with van der Waals surface area (Å²) in [4.78, 5) is 2.34. The molecule has 0 radical (unpaired) electrons. The summed E-state index contributed by atoms with van der Waals surface area (Å²) in [6.45, 7) is 4.60. The molecule has 1 heterocycles. The van der Waals surface area contributed by atoms with Crippen LogP contribution in [0.15, 0.2) is 42.5 Å². The highest BCUT2D eigenvalue weighted by Crippen LogP contribution is 2.35. The number of ether oxygens (including phenoxy) is 2. The van der Waals surface area contributed by atoms with Gasteiger partial charge in [-0.15, -0.1) is 0 Å². The Kier molecular flexibility index (Phi) is 5.36. The molecule has 1 aliphatic heterocycles. The molecule has 2 aromatic carbocycles. The highest BCUT2D eigenvalue weighted by atomic mass is 35.5. The van der Waals surface area contributed by atoms with Crippen LogP contribution in [0.1, 0.15) is 19.8 Å². The van der Waals surface area contributed by atoms with Crippen LogP contribution in [-0.4, -0.2) is 25.8 Å². The van der Waals surface area contributed by atoms with Gasteiger partial charge in [-0.25, -0.2) is 0 Å². The Morgan fingerprint density at radius 2 is 2.04 bits per heavy atom. The van der Waals surface area contributed by atoms with Gasteiger partial charge in [0.25, 0.3) is 0 Å². The SMILES string of the molecule is CCC1CN(CCCOc2ccc(Cl)cc2)c2cc(N)ccc2O1. The average molecular weight is 347 g/mol. The lowest BCUT2D eigenvalue weighted by atomic mass is 10.1. The van der Waals surface area contributed by atoms with Crippen LogP contribution in [-0.2, 0) is 0 Å². The molecule has 1 unspecified atom stereocenters.